The molecular weight excluding hydrogens is 248 g/mol. The normalized spacial score (nSPS) is 10.6. The Morgan fingerprint density at radius 1 is 1.10 bits per heavy atom. The van der Waals surface area contributed by atoms with Gasteiger partial charge in [0.1, 0.15) is 5.82 Å². The van der Waals surface area contributed by atoms with Crippen LogP contribution in [0.2, 0.25) is 0 Å². The average Bonchev–Trinajstić information content (AvgIpc) is 2.85. The molecule has 4 nitrogen and oxygen atoms in total. The number of nitriles is 1. The highest BCUT2D eigenvalue weighted by Crippen LogP contribution is 2.24. The summed E-state index contributed by atoms with van der Waals surface area (Å²) >= 11 is 0. The zero-order valence-electron chi connectivity index (χ0n) is 11.0. The molecule has 0 aliphatic carbocycles. The molecule has 0 spiro atoms. The number of benzene rings is 2. The molecule has 0 aliphatic rings. The van der Waals surface area contributed by atoms with Crippen LogP contribution in [0, 0.1) is 11.3 Å². The maximum atomic E-state index is 9.01. The molecule has 0 saturated carbocycles. The third-order valence-corrected chi connectivity index (χ3v) is 3.32. The van der Waals surface area contributed by atoms with Gasteiger partial charge in [0.2, 0.25) is 0 Å². The molecule has 3 aromatic rings. The van der Waals surface area contributed by atoms with E-state index in [1.807, 2.05) is 53.1 Å². The van der Waals surface area contributed by atoms with Crippen molar-refractivity contribution in [3.05, 3.63) is 59.9 Å². The molecule has 0 amide bonds. The molecule has 3 rings (SSSR count). The van der Waals surface area contributed by atoms with E-state index in [0.29, 0.717) is 6.54 Å². The lowest BCUT2D eigenvalue weighted by Gasteiger charge is -2.12. The molecule has 0 unspecified atom stereocenters. The number of nitrogens with two attached hydrogens (primary N) is 1. The number of nitrogens with zero attached hydrogens (tertiary/aromatic N) is 3. The Labute approximate surface area is 117 Å². The van der Waals surface area contributed by atoms with Crippen LogP contribution in [0.4, 0.5) is 0 Å². The Bertz CT molecular complexity index is 796. The van der Waals surface area contributed by atoms with Gasteiger partial charge in [0.05, 0.1) is 29.2 Å². The highest BCUT2D eigenvalue weighted by atomic mass is 15.1. The summed E-state index contributed by atoms with van der Waals surface area (Å²) in [4.78, 5) is 4.55. The van der Waals surface area contributed by atoms with E-state index in [4.69, 9.17) is 11.0 Å². The molecule has 20 heavy (non-hydrogen) atoms. The van der Waals surface area contributed by atoms with Crippen LogP contribution < -0.4 is 5.73 Å². The Balaban J connectivity index is 2.34. The molecule has 0 aliphatic heterocycles. The van der Waals surface area contributed by atoms with Crippen LogP contribution >= 0.6 is 0 Å². The van der Waals surface area contributed by atoms with Gasteiger partial charge >= 0.3 is 0 Å². The van der Waals surface area contributed by atoms with Crippen LogP contribution in [0.3, 0.4) is 0 Å². The van der Waals surface area contributed by atoms with Crippen molar-refractivity contribution in [2.75, 3.05) is 0 Å². The van der Waals surface area contributed by atoms with Gasteiger partial charge in [-0.15, -0.1) is 0 Å². The predicted molar refractivity (Wildman–Crippen MR) is 78.3 cm³/mol. The fourth-order valence-corrected chi connectivity index (χ4v) is 2.44. The number of aromatic nitrogens is 2. The molecule has 1 aromatic heterocycles. The Morgan fingerprint density at radius 3 is 2.65 bits per heavy atom. The minimum atomic E-state index is 0.271. The van der Waals surface area contributed by atoms with Gasteiger partial charge in [-0.3, -0.25) is 4.57 Å². The summed E-state index contributed by atoms with van der Waals surface area (Å²) in [5.41, 5.74) is 9.75. The van der Waals surface area contributed by atoms with Gasteiger partial charge in [0.25, 0.3) is 0 Å². The fraction of sp³-hybridized carbons (Fsp3) is 0.125. The van der Waals surface area contributed by atoms with E-state index < -0.39 is 0 Å². The van der Waals surface area contributed by atoms with Gasteiger partial charge in [-0.05, 0) is 23.8 Å². The largest absolute Gasteiger partial charge is 0.326 e. The van der Waals surface area contributed by atoms with Crippen molar-refractivity contribution in [2.24, 2.45) is 5.73 Å². The Hall–Kier alpha value is -2.64. The lowest BCUT2D eigenvalue weighted by atomic mass is 10.1. The van der Waals surface area contributed by atoms with E-state index in [9.17, 15) is 0 Å². The Morgan fingerprint density at radius 2 is 1.85 bits per heavy atom. The van der Waals surface area contributed by atoms with Crippen molar-refractivity contribution in [3.8, 4) is 11.8 Å². The zero-order chi connectivity index (χ0) is 13.9. The van der Waals surface area contributed by atoms with Crippen LogP contribution in [0.5, 0.6) is 0 Å². The van der Waals surface area contributed by atoms with Crippen molar-refractivity contribution >= 4 is 11.0 Å². The molecule has 2 aromatic carbocycles. The second-order valence-corrected chi connectivity index (χ2v) is 4.52. The lowest BCUT2D eigenvalue weighted by molar-refractivity contribution is 0.927. The minimum absolute atomic E-state index is 0.271. The first-order valence-corrected chi connectivity index (χ1v) is 6.47. The quantitative estimate of drug-likeness (QED) is 0.788. The standard InChI is InChI=1S/C16H14N4/c17-10-9-16-19-13-6-2-4-8-15(13)20(16)14-7-3-1-5-12(14)11-18/h1-8H,9,11,18H2. The summed E-state index contributed by atoms with van der Waals surface area (Å²) in [6.45, 7) is 0.453. The molecule has 0 radical (unpaired) electrons. The molecule has 0 fully saturated rings. The minimum Gasteiger partial charge on any atom is -0.326 e. The van der Waals surface area contributed by atoms with Crippen molar-refractivity contribution in [1.82, 2.24) is 9.55 Å². The smallest absolute Gasteiger partial charge is 0.128 e. The second kappa shape index (κ2) is 5.16. The second-order valence-electron chi connectivity index (χ2n) is 4.52. The molecule has 1 heterocycles. The summed E-state index contributed by atoms with van der Waals surface area (Å²) in [5, 5.41) is 9.01. The van der Waals surface area contributed by atoms with Crippen LogP contribution in [-0.2, 0) is 13.0 Å². The zero-order valence-corrected chi connectivity index (χ0v) is 11.0. The molecule has 4 heteroatoms. The van der Waals surface area contributed by atoms with Gasteiger partial charge < -0.3 is 5.73 Å². The topological polar surface area (TPSA) is 67.6 Å². The molecule has 2 N–H and O–H groups in total. The number of hydrogen-bond donors (Lipinski definition) is 1. The van der Waals surface area contributed by atoms with Crippen LogP contribution in [-0.4, -0.2) is 9.55 Å². The van der Waals surface area contributed by atoms with Gasteiger partial charge in [-0.1, -0.05) is 30.3 Å². The number of hydrogen-bond acceptors (Lipinski definition) is 3. The molecule has 0 saturated heterocycles. The Kier molecular flexibility index (Phi) is 3.20. The van der Waals surface area contributed by atoms with Crippen molar-refractivity contribution < 1.29 is 0 Å². The monoisotopic (exact) mass is 262 g/mol. The number of fused-ring (bicyclic) bond motifs is 1. The number of imidazole rings is 1. The van der Waals surface area contributed by atoms with E-state index >= 15 is 0 Å². The summed E-state index contributed by atoms with van der Waals surface area (Å²) in [6, 6.07) is 18.0. The van der Waals surface area contributed by atoms with Crippen LogP contribution in [0.25, 0.3) is 16.7 Å². The first-order chi connectivity index (χ1) is 9.85. The van der Waals surface area contributed by atoms with Gasteiger partial charge in [0.15, 0.2) is 0 Å². The predicted octanol–water partition coefficient (Wildman–Crippen LogP) is 2.55. The highest BCUT2D eigenvalue weighted by molar-refractivity contribution is 5.78. The van der Waals surface area contributed by atoms with Crippen molar-refractivity contribution in [1.29, 1.82) is 5.26 Å². The number of rotatable bonds is 3. The molecule has 0 bridgehead atoms. The van der Waals surface area contributed by atoms with E-state index in [0.717, 1.165) is 28.1 Å². The summed E-state index contributed by atoms with van der Waals surface area (Å²) in [6.07, 6.45) is 0.271. The summed E-state index contributed by atoms with van der Waals surface area (Å²) in [5.74, 6) is 0.745. The number of para-hydroxylation sites is 3. The molecule has 0 atom stereocenters. The van der Waals surface area contributed by atoms with E-state index in [2.05, 4.69) is 11.1 Å². The SMILES string of the molecule is N#CCc1nc2ccccc2n1-c1ccccc1CN. The van der Waals surface area contributed by atoms with Crippen molar-refractivity contribution in [3.63, 3.8) is 0 Å². The van der Waals surface area contributed by atoms with E-state index in [-0.39, 0.29) is 6.42 Å². The lowest BCUT2D eigenvalue weighted by Crippen LogP contribution is -2.07. The van der Waals surface area contributed by atoms with Gasteiger partial charge in [-0.2, -0.15) is 5.26 Å². The molecular formula is C16H14N4. The maximum absolute atomic E-state index is 9.01. The first kappa shape index (κ1) is 12.4. The fourth-order valence-electron chi connectivity index (χ4n) is 2.44. The van der Waals surface area contributed by atoms with Gasteiger partial charge in [-0.25, -0.2) is 4.98 Å². The first-order valence-electron chi connectivity index (χ1n) is 6.47. The van der Waals surface area contributed by atoms with Crippen molar-refractivity contribution in [2.45, 2.75) is 13.0 Å². The average molecular weight is 262 g/mol. The highest BCUT2D eigenvalue weighted by Gasteiger charge is 2.13. The third-order valence-electron chi connectivity index (χ3n) is 3.32. The van der Waals surface area contributed by atoms with E-state index in [1.54, 1.807) is 0 Å². The van der Waals surface area contributed by atoms with Crippen LogP contribution in [0.15, 0.2) is 48.5 Å². The molecule has 98 valence electrons. The summed E-state index contributed by atoms with van der Waals surface area (Å²) < 4.78 is 2.03. The maximum Gasteiger partial charge on any atom is 0.128 e. The van der Waals surface area contributed by atoms with Gasteiger partial charge in [0, 0.05) is 6.54 Å². The van der Waals surface area contributed by atoms with E-state index in [1.165, 1.54) is 0 Å². The third kappa shape index (κ3) is 1.94. The van der Waals surface area contributed by atoms with Crippen LogP contribution in [0.1, 0.15) is 11.4 Å². The summed E-state index contributed by atoms with van der Waals surface area (Å²) in [7, 11) is 0.